The quantitative estimate of drug-likeness (QED) is 0.505. The normalized spacial score (nSPS) is 17.1. The summed E-state index contributed by atoms with van der Waals surface area (Å²) in [6, 6.07) is 11.4. The third-order valence-electron chi connectivity index (χ3n) is 5.47. The van der Waals surface area contributed by atoms with Crippen LogP contribution in [0.2, 0.25) is 0 Å². The Morgan fingerprint density at radius 2 is 1.62 bits per heavy atom. The van der Waals surface area contributed by atoms with Crippen LogP contribution in [0.25, 0.3) is 16.7 Å². The van der Waals surface area contributed by atoms with E-state index in [2.05, 4.69) is 58.9 Å². The van der Waals surface area contributed by atoms with Gasteiger partial charge in [-0.15, -0.1) is 0 Å². The van der Waals surface area contributed by atoms with E-state index in [1.165, 1.54) is 17.2 Å². The van der Waals surface area contributed by atoms with Crippen molar-refractivity contribution in [2.24, 2.45) is 10.8 Å². The van der Waals surface area contributed by atoms with E-state index in [-0.39, 0.29) is 16.6 Å². The van der Waals surface area contributed by atoms with E-state index < -0.39 is 0 Å². The molecule has 0 amide bonds. The first-order valence-corrected chi connectivity index (χ1v) is 10.8. The number of ether oxygens (including phenoxy) is 1. The minimum absolute atomic E-state index is 0.128. The molecule has 0 atom stereocenters. The summed E-state index contributed by atoms with van der Waals surface area (Å²) in [6.07, 6.45) is 5.52. The van der Waals surface area contributed by atoms with E-state index in [0.29, 0.717) is 11.3 Å². The van der Waals surface area contributed by atoms with Crippen molar-refractivity contribution in [3.8, 4) is 16.9 Å². The first kappa shape index (κ1) is 23.2. The smallest absolute Gasteiger partial charge is 0.131 e. The van der Waals surface area contributed by atoms with E-state index in [9.17, 15) is 4.39 Å². The SMILES string of the molecule is CC.CCc1ccc(-c2cc(OC)ccc2F)c(C2=CC(C)(C)CC(C)(C)C2)c1. The second-order valence-corrected chi connectivity index (χ2v) is 9.26. The molecule has 0 spiro atoms. The first-order valence-electron chi connectivity index (χ1n) is 10.8. The molecule has 0 N–H and O–H groups in total. The lowest BCUT2D eigenvalue weighted by atomic mass is 9.65. The van der Waals surface area contributed by atoms with Crippen LogP contribution in [-0.2, 0) is 6.42 Å². The fourth-order valence-electron chi connectivity index (χ4n) is 4.71. The van der Waals surface area contributed by atoms with Gasteiger partial charge in [0, 0.05) is 5.56 Å². The van der Waals surface area contributed by atoms with Gasteiger partial charge >= 0.3 is 0 Å². The van der Waals surface area contributed by atoms with E-state index >= 15 is 0 Å². The fraction of sp³-hybridized carbons (Fsp3) is 0.481. The molecular formula is C27H37FO. The summed E-state index contributed by atoms with van der Waals surface area (Å²) < 4.78 is 20.1. The average Bonchev–Trinajstić information content (AvgIpc) is 2.67. The summed E-state index contributed by atoms with van der Waals surface area (Å²) in [5.74, 6) is 0.464. The lowest BCUT2D eigenvalue weighted by Crippen LogP contribution is -2.26. The minimum atomic E-state index is -0.212. The minimum Gasteiger partial charge on any atom is -0.497 e. The van der Waals surface area contributed by atoms with Crippen molar-refractivity contribution >= 4 is 5.57 Å². The molecule has 0 heterocycles. The maximum Gasteiger partial charge on any atom is 0.131 e. The van der Waals surface area contributed by atoms with Crippen molar-refractivity contribution in [3.05, 3.63) is 59.4 Å². The van der Waals surface area contributed by atoms with Crippen molar-refractivity contribution in [2.45, 2.75) is 67.7 Å². The molecule has 0 saturated carbocycles. The van der Waals surface area contributed by atoms with Gasteiger partial charge in [-0.25, -0.2) is 4.39 Å². The van der Waals surface area contributed by atoms with Crippen LogP contribution >= 0.6 is 0 Å². The van der Waals surface area contributed by atoms with Crippen LogP contribution in [0.3, 0.4) is 0 Å². The fourth-order valence-corrected chi connectivity index (χ4v) is 4.71. The Hall–Kier alpha value is -2.09. The van der Waals surface area contributed by atoms with Gasteiger partial charge in [0.2, 0.25) is 0 Å². The lowest BCUT2D eigenvalue weighted by Gasteiger charge is -2.40. The summed E-state index contributed by atoms with van der Waals surface area (Å²) in [5.41, 5.74) is 5.66. The molecule has 2 aromatic rings. The zero-order valence-corrected chi connectivity index (χ0v) is 19.4. The van der Waals surface area contributed by atoms with Crippen molar-refractivity contribution in [1.82, 2.24) is 0 Å². The highest BCUT2D eigenvalue weighted by molar-refractivity contribution is 5.83. The van der Waals surface area contributed by atoms with E-state index in [1.54, 1.807) is 19.2 Å². The van der Waals surface area contributed by atoms with E-state index in [1.807, 2.05) is 13.8 Å². The van der Waals surface area contributed by atoms with Crippen LogP contribution < -0.4 is 4.74 Å². The molecule has 29 heavy (non-hydrogen) atoms. The number of rotatable bonds is 4. The summed E-state index contributed by atoms with van der Waals surface area (Å²) in [4.78, 5) is 0. The Kier molecular flexibility index (Phi) is 7.32. The van der Waals surface area contributed by atoms with Crippen molar-refractivity contribution in [2.75, 3.05) is 7.11 Å². The molecule has 1 aliphatic carbocycles. The predicted octanol–water partition coefficient (Wildman–Crippen LogP) is 8.32. The highest BCUT2D eigenvalue weighted by Gasteiger charge is 2.34. The molecule has 0 radical (unpaired) electrons. The molecule has 158 valence electrons. The van der Waals surface area contributed by atoms with Gasteiger partial charge in [0.15, 0.2) is 0 Å². The zero-order valence-electron chi connectivity index (χ0n) is 19.4. The number of aryl methyl sites for hydroxylation is 1. The Morgan fingerprint density at radius 1 is 0.931 bits per heavy atom. The van der Waals surface area contributed by atoms with Crippen LogP contribution in [0, 0.1) is 16.6 Å². The molecule has 1 nitrogen and oxygen atoms in total. The number of halogens is 1. The molecule has 2 heteroatoms. The van der Waals surface area contributed by atoms with Crippen LogP contribution in [0.15, 0.2) is 42.5 Å². The van der Waals surface area contributed by atoms with Crippen LogP contribution in [-0.4, -0.2) is 7.11 Å². The highest BCUT2D eigenvalue weighted by Crippen LogP contribution is 2.49. The molecule has 2 aromatic carbocycles. The largest absolute Gasteiger partial charge is 0.497 e. The molecule has 0 bridgehead atoms. The standard InChI is InChI=1S/C25H31FO.C2H6/c1-7-17-8-10-20(22-13-19(27-6)9-11-23(22)26)21(12-17)18-14-24(2,3)16-25(4,5)15-18;1-2/h8-14H,7,15-16H2,1-6H3;1-2H3. The molecular weight excluding hydrogens is 359 g/mol. The number of benzene rings is 2. The second-order valence-electron chi connectivity index (χ2n) is 9.26. The molecule has 0 aromatic heterocycles. The Bertz CT molecular complexity index is 874. The van der Waals surface area contributed by atoms with Crippen LogP contribution in [0.1, 0.15) is 72.4 Å². The Balaban J connectivity index is 0.00000145. The van der Waals surface area contributed by atoms with Gasteiger partial charge in [-0.3, -0.25) is 0 Å². The van der Waals surface area contributed by atoms with E-state index in [0.717, 1.165) is 30.4 Å². The topological polar surface area (TPSA) is 9.23 Å². The van der Waals surface area contributed by atoms with Crippen molar-refractivity contribution in [3.63, 3.8) is 0 Å². The predicted molar refractivity (Wildman–Crippen MR) is 124 cm³/mol. The lowest BCUT2D eigenvalue weighted by molar-refractivity contribution is 0.229. The van der Waals surface area contributed by atoms with Gasteiger partial charge in [-0.2, -0.15) is 0 Å². The van der Waals surface area contributed by atoms with Gasteiger partial charge < -0.3 is 4.74 Å². The zero-order chi connectivity index (χ0) is 21.8. The van der Waals surface area contributed by atoms with E-state index in [4.69, 9.17) is 4.74 Å². The van der Waals surface area contributed by atoms with Crippen molar-refractivity contribution in [1.29, 1.82) is 0 Å². The number of hydrogen-bond acceptors (Lipinski definition) is 1. The molecule has 1 aliphatic rings. The van der Waals surface area contributed by atoms with Gasteiger partial charge in [-0.05, 0) is 70.6 Å². The molecule has 3 rings (SSSR count). The van der Waals surface area contributed by atoms with Gasteiger partial charge in [0.1, 0.15) is 11.6 Å². The second kappa shape index (κ2) is 9.15. The highest BCUT2D eigenvalue weighted by atomic mass is 19.1. The summed E-state index contributed by atoms with van der Waals surface area (Å²) in [7, 11) is 1.62. The summed E-state index contributed by atoms with van der Waals surface area (Å²) in [5, 5.41) is 0. The van der Waals surface area contributed by atoms with Gasteiger partial charge in [0.05, 0.1) is 7.11 Å². The molecule has 0 saturated heterocycles. The van der Waals surface area contributed by atoms with Crippen molar-refractivity contribution < 1.29 is 9.13 Å². The van der Waals surface area contributed by atoms with Crippen LogP contribution in [0.5, 0.6) is 5.75 Å². The van der Waals surface area contributed by atoms with Crippen LogP contribution in [0.4, 0.5) is 4.39 Å². The maximum atomic E-state index is 14.8. The first-order chi connectivity index (χ1) is 13.6. The average molecular weight is 397 g/mol. The Labute approximate surface area is 177 Å². The number of methoxy groups -OCH3 is 1. The van der Waals surface area contributed by atoms with Gasteiger partial charge in [-0.1, -0.05) is 72.7 Å². The monoisotopic (exact) mass is 396 g/mol. The number of hydrogen-bond donors (Lipinski definition) is 0. The summed E-state index contributed by atoms with van der Waals surface area (Å²) >= 11 is 0. The maximum absolute atomic E-state index is 14.8. The molecule has 0 unspecified atom stereocenters. The molecule has 0 fully saturated rings. The third-order valence-corrected chi connectivity index (χ3v) is 5.47. The summed E-state index contributed by atoms with van der Waals surface area (Å²) in [6.45, 7) is 15.4. The molecule has 0 aliphatic heterocycles. The van der Waals surface area contributed by atoms with Gasteiger partial charge in [0.25, 0.3) is 0 Å². The number of allylic oxidation sites excluding steroid dienone is 2. The third kappa shape index (κ3) is 5.50. The Morgan fingerprint density at radius 3 is 2.21 bits per heavy atom.